The zero-order valence-corrected chi connectivity index (χ0v) is 17.3. The SMILES string of the molecule is COCCn1c(-c2cccc(OC)c2)cnc1NC(=O)Nc1ccc(C)c(Cl)c1. The predicted octanol–water partition coefficient (Wildman–Crippen LogP) is 4.81. The Morgan fingerprint density at radius 1 is 1.17 bits per heavy atom. The zero-order chi connectivity index (χ0) is 20.8. The molecule has 1 aromatic heterocycles. The van der Waals surface area contributed by atoms with Gasteiger partial charge >= 0.3 is 6.03 Å². The summed E-state index contributed by atoms with van der Waals surface area (Å²) in [4.78, 5) is 16.9. The van der Waals surface area contributed by atoms with E-state index >= 15 is 0 Å². The standard InChI is InChI=1S/C21H23ClN4O3/c1-14-7-8-16(12-18(14)22)24-21(27)25-20-23-13-19(26(20)9-10-28-2)15-5-4-6-17(11-15)29-3/h4-8,11-13H,9-10H2,1-3H3,(H2,23,24,25,27). The molecule has 0 aliphatic heterocycles. The third-order valence-electron chi connectivity index (χ3n) is 4.40. The molecule has 0 bridgehead atoms. The van der Waals surface area contributed by atoms with Crippen molar-refractivity contribution in [3.63, 3.8) is 0 Å². The number of carbonyl (C=O) groups excluding carboxylic acids is 1. The van der Waals surface area contributed by atoms with Crippen LogP contribution in [0.2, 0.25) is 5.02 Å². The molecule has 0 unspecified atom stereocenters. The molecule has 0 fully saturated rings. The van der Waals surface area contributed by atoms with Gasteiger partial charge in [-0.3, -0.25) is 5.32 Å². The van der Waals surface area contributed by atoms with Crippen molar-refractivity contribution in [1.29, 1.82) is 0 Å². The van der Waals surface area contributed by atoms with Gasteiger partial charge in [-0.15, -0.1) is 0 Å². The monoisotopic (exact) mass is 414 g/mol. The Balaban J connectivity index is 1.83. The van der Waals surface area contributed by atoms with E-state index in [-0.39, 0.29) is 0 Å². The molecule has 7 nitrogen and oxygen atoms in total. The molecule has 29 heavy (non-hydrogen) atoms. The molecule has 0 atom stereocenters. The minimum absolute atomic E-state index is 0.411. The molecule has 8 heteroatoms. The molecule has 2 N–H and O–H groups in total. The third kappa shape index (κ3) is 5.07. The smallest absolute Gasteiger partial charge is 0.326 e. The normalized spacial score (nSPS) is 10.6. The lowest BCUT2D eigenvalue weighted by molar-refractivity contribution is 0.188. The number of aryl methyl sites for hydroxylation is 1. The van der Waals surface area contributed by atoms with Gasteiger partial charge in [0.2, 0.25) is 5.95 Å². The summed E-state index contributed by atoms with van der Waals surface area (Å²) in [5.74, 6) is 1.15. The van der Waals surface area contributed by atoms with Crippen molar-refractivity contribution < 1.29 is 14.3 Å². The van der Waals surface area contributed by atoms with Gasteiger partial charge < -0.3 is 19.4 Å². The van der Waals surface area contributed by atoms with Crippen molar-refractivity contribution in [2.24, 2.45) is 0 Å². The number of nitrogens with zero attached hydrogens (tertiary/aromatic N) is 2. The van der Waals surface area contributed by atoms with Gasteiger partial charge in [-0.25, -0.2) is 9.78 Å². The number of rotatable bonds is 7. The van der Waals surface area contributed by atoms with E-state index in [1.165, 1.54) is 0 Å². The number of nitrogens with one attached hydrogen (secondary N) is 2. The number of anilines is 2. The largest absolute Gasteiger partial charge is 0.497 e. The van der Waals surface area contributed by atoms with Gasteiger partial charge in [0.05, 0.1) is 25.6 Å². The van der Waals surface area contributed by atoms with Crippen molar-refractivity contribution in [2.45, 2.75) is 13.5 Å². The Kier molecular flexibility index (Phi) is 6.74. The number of ether oxygens (including phenoxy) is 2. The van der Waals surface area contributed by atoms with E-state index in [2.05, 4.69) is 15.6 Å². The maximum absolute atomic E-state index is 12.5. The fourth-order valence-electron chi connectivity index (χ4n) is 2.83. The highest BCUT2D eigenvalue weighted by Gasteiger charge is 2.15. The van der Waals surface area contributed by atoms with E-state index in [0.717, 1.165) is 22.6 Å². The second kappa shape index (κ2) is 9.45. The molecular weight excluding hydrogens is 392 g/mol. The fourth-order valence-corrected chi connectivity index (χ4v) is 3.01. The molecule has 1 heterocycles. The summed E-state index contributed by atoms with van der Waals surface area (Å²) < 4.78 is 12.4. The van der Waals surface area contributed by atoms with E-state index in [1.807, 2.05) is 41.8 Å². The first-order chi connectivity index (χ1) is 14.0. The second-order valence-electron chi connectivity index (χ2n) is 6.39. The van der Waals surface area contributed by atoms with E-state index in [0.29, 0.717) is 29.8 Å². The molecule has 152 valence electrons. The van der Waals surface area contributed by atoms with Crippen LogP contribution in [-0.2, 0) is 11.3 Å². The minimum atomic E-state index is -0.411. The summed E-state index contributed by atoms with van der Waals surface area (Å²) in [6, 6.07) is 12.6. The number of benzene rings is 2. The molecule has 0 radical (unpaired) electrons. The Morgan fingerprint density at radius 2 is 2.00 bits per heavy atom. The van der Waals surface area contributed by atoms with Crippen LogP contribution in [0.1, 0.15) is 5.56 Å². The van der Waals surface area contributed by atoms with Gasteiger partial charge in [0.15, 0.2) is 0 Å². The highest BCUT2D eigenvalue weighted by Crippen LogP contribution is 2.27. The Bertz CT molecular complexity index is 1000. The maximum Gasteiger partial charge on any atom is 0.326 e. The summed E-state index contributed by atoms with van der Waals surface area (Å²) in [6.07, 6.45) is 1.71. The minimum Gasteiger partial charge on any atom is -0.497 e. The maximum atomic E-state index is 12.5. The van der Waals surface area contributed by atoms with Crippen LogP contribution >= 0.6 is 11.6 Å². The molecule has 0 aliphatic rings. The Hall–Kier alpha value is -3.03. The molecule has 3 aromatic rings. The first-order valence-electron chi connectivity index (χ1n) is 9.05. The van der Waals surface area contributed by atoms with Gasteiger partial charge in [-0.2, -0.15) is 0 Å². The highest BCUT2D eigenvalue weighted by atomic mass is 35.5. The zero-order valence-electron chi connectivity index (χ0n) is 16.5. The summed E-state index contributed by atoms with van der Waals surface area (Å²) >= 11 is 6.12. The van der Waals surface area contributed by atoms with Gasteiger partial charge in [0, 0.05) is 29.9 Å². The van der Waals surface area contributed by atoms with Crippen LogP contribution in [0.15, 0.2) is 48.7 Å². The quantitative estimate of drug-likeness (QED) is 0.581. The molecule has 3 rings (SSSR count). The van der Waals surface area contributed by atoms with Crippen molar-refractivity contribution in [3.8, 4) is 17.0 Å². The van der Waals surface area contributed by atoms with Crippen LogP contribution in [0.25, 0.3) is 11.3 Å². The first kappa shape index (κ1) is 20.7. The van der Waals surface area contributed by atoms with E-state index in [1.54, 1.807) is 32.5 Å². The number of imidazole rings is 1. The van der Waals surface area contributed by atoms with Gasteiger partial charge in [-0.05, 0) is 36.8 Å². The molecule has 0 saturated heterocycles. The predicted molar refractivity (Wildman–Crippen MR) is 115 cm³/mol. The van der Waals surface area contributed by atoms with Gasteiger partial charge in [-0.1, -0.05) is 29.8 Å². The highest BCUT2D eigenvalue weighted by molar-refractivity contribution is 6.31. The summed E-state index contributed by atoms with van der Waals surface area (Å²) in [5, 5.41) is 6.15. The van der Waals surface area contributed by atoms with Crippen molar-refractivity contribution in [2.75, 3.05) is 31.5 Å². The number of hydrogen-bond acceptors (Lipinski definition) is 4. The molecule has 0 spiro atoms. The fraction of sp³-hybridized carbons (Fsp3) is 0.238. The lowest BCUT2D eigenvalue weighted by Gasteiger charge is -2.13. The van der Waals surface area contributed by atoms with E-state index in [4.69, 9.17) is 21.1 Å². The topological polar surface area (TPSA) is 77.4 Å². The van der Waals surface area contributed by atoms with Gasteiger partial charge in [0.1, 0.15) is 5.75 Å². The third-order valence-corrected chi connectivity index (χ3v) is 4.80. The van der Waals surface area contributed by atoms with Crippen molar-refractivity contribution >= 4 is 29.3 Å². The second-order valence-corrected chi connectivity index (χ2v) is 6.79. The number of urea groups is 1. The summed E-state index contributed by atoms with van der Waals surface area (Å²) in [6.45, 7) is 2.89. The molecule has 0 saturated carbocycles. The van der Waals surface area contributed by atoms with Crippen LogP contribution in [0.5, 0.6) is 5.75 Å². The number of halogens is 1. The van der Waals surface area contributed by atoms with E-state index < -0.39 is 6.03 Å². The molecule has 2 aromatic carbocycles. The molecule has 2 amide bonds. The molecule has 0 aliphatic carbocycles. The summed E-state index contributed by atoms with van der Waals surface area (Å²) in [7, 11) is 3.25. The van der Waals surface area contributed by atoms with Crippen LogP contribution in [0.3, 0.4) is 0 Å². The van der Waals surface area contributed by atoms with Crippen LogP contribution in [0, 0.1) is 6.92 Å². The van der Waals surface area contributed by atoms with Crippen molar-refractivity contribution in [3.05, 3.63) is 59.2 Å². The van der Waals surface area contributed by atoms with Crippen LogP contribution < -0.4 is 15.4 Å². The van der Waals surface area contributed by atoms with Crippen molar-refractivity contribution in [1.82, 2.24) is 9.55 Å². The Morgan fingerprint density at radius 3 is 2.72 bits per heavy atom. The first-order valence-corrected chi connectivity index (χ1v) is 9.42. The average Bonchev–Trinajstić information content (AvgIpc) is 3.11. The average molecular weight is 415 g/mol. The van der Waals surface area contributed by atoms with E-state index in [9.17, 15) is 4.79 Å². The lowest BCUT2D eigenvalue weighted by atomic mass is 10.1. The number of carbonyl (C=O) groups is 1. The van der Waals surface area contributed by atoms with Crippen LogP contribution in [-0.4, -0.2) is 36.4 Å². The lowest BCUT2D eigenvalue weighted by Crippen LogP contribution is -2.22. The number of amides is 2. The molecular formula is C21H23ClN4O3. The number of hydrogen-bond donors (Lipinski definition) is 2. The summed E-state index contributed by atoms with van der Waals surface area (Å²) in [5.41, 5.74) is 3.30. The van der Waals surface area contributed by atoms with Gasteiger partial charge in [0.25, 0.3) is 0 Å². The van der Waals surface area contributed by atoms with Crippen LogP contribution in [0.4, 0.5) is 16.4 Å². The number of aromatic nitrogens is 2. The number of methoxy groups -OCH3 is 2. The Labute approximate surface area is 174 Å².